The van der Waals surface area contributed by atoms with Crippen molar-refractivity contribution >= 4 is 21.4 Å². The SMILES string of the molecule is c1ccc2c(-c3nnc(CCCNC4CC4)o3)csc2c1. The highest BCUT2D eigenvalue weighted by Crippen LogP contribution is 2.33. The molecule has 1 saturated carbocycles. The van der Waals surface area contributed by atoms with E-state index in [0.29, 0.717) is 5.89 Å². The van der Waals surface area contributed by atoms with Gasteiger partial charge in [-0.25, -0.2) is 0 Å². The Bertz CT molecular complexity index is 745. The summed E-state index contributed by atoms with van der Waals surface area (Å²) in [5.41, 5.74) is 1.05. The molecule has 0 atom stereocenters. The zero-order valence-electron chi connectivity index (χ0n) is 11.7. The van der Waals surface area contributed by atoms with E-state index in [0.717, 1.165) is 36.9 Å². The lowest BCUT2D eigenvalue weighted by molar-refractivity contribution is 0.491. The summed E-state index contributed by atoms with van der Waals surface area (Å²) in [6, 6.07) is 9.07. The maximum atomic E-state index is 5.82. The molecule has 2 aromatic heterocycles. The van der Waals surface area contributed by atoms with Gasteiger partial charge in [-0.2, -0.15) is 0 Å². The molecule has 1 aliphatic carbocycles. The van der Waals surface area contributed by atoms with Gasteiger partial charge in [-0.3, -0.25) is 0 Å². The van der Waals surface area contributed by atoms with Crippen molar-refractivity contribution in [3.63, 3.8) is 0 Å². The molecule has 1 fully saturated rings. The molecule has 0 radical (unpaired) electrons. The fraction of sp³-hybridized carbons (Fsp3) is 0.375. The molecule has 3 aromatic rings. The molecule has 0 amide bonds. The Kier molecular flexibility index (Phi) is 3.45. The number of fused-ring (bicyclic) bond motifs is 1. The highest BCUT2D eigenvalue weighted by molar-refractivity contribution is 7.17. The van der Waals surface area contributed by atoms with Crippen LogP contribution in [-0.4, -0.2) is 22.8 Å². The predicted octanol–water partition coefficient (Wildman–Crippen LogP) is 3.64. The summed E-state index contributed by atoms with van der Waals surface area (Å²) >= 11 is 1.71. The van der Waals surface area contributed by atoms with Gasteiger partial charge in [-0.15, -0.1) is 21.5 Å². The van der Waals surface area contributed by atoms with Crippen LogP contribution in [0.3, 0.4) is 0 Å². The fourth-order valence-corrected chi connectivity index (χ4v) is 3.37. The van der Waals surface area contributed by atoms with Gasteiger partial charge in [0, 0.05) is 27.9 Å². The highest BCUT2D eigenvalue weighted by Gasteiger charge is 2.19. The number of nitrogens with zero attached hydrogens (tertiary/aromatic N) is 2. The molecule has 0 saturated heterocycles. The Morgan fingerprint density at radius 1 is 1.24 bits per heavy atom. The molecule has 4 nitrogen and oxygen atoms in total. The Labute approximate surface area is 127 Å². The first-order valence-corrected chi connectivity index (χ1v) is 8.30. The van der Waals surface area contributed by atoms with E-state index in [1.807, 2.05) is 6.07 Å². The first-order chi connectivity index (χ1) is 10.4. The zero-order valence-corrected chi connectivity index (χ0v) is 12.5. The van der Waals surface area contributed by atoms with E-state index < -0.39 is 0 Å². The van der Waals surface area contributed by atoms with Gasteiger partial charge in [0.1, 0.15) is 0 Å². The van der Waals surface area contributed by atoms with Crippen LogP contribution in [0, 0.1) is 0 Å². The summed E-state index contributed by atoms with van der Waals surface area (Å²) in [6.45, 7) is 1.03. The van der Waals surface area contributed by atoms with E-state index in [1.165, 1.54) is 22.9 Å². The van der Waals surface area contributed by atoms with Gasteiger partial charge in [0.2, 0.25) is 11.8 Å². The number of aromatic nitrogens is 2. The van der Waals surface area contributed by atoms with E-state index in [1.54, 1.807) is 11.3 Å². The van der Waals surface area contributed by atoms with Crippen LogP contribution in [-0.2, 0) is 6.42 Å². The van der Waals surface area contributed by atoms with Crippen LogP contribution in [0.1, 0.15) is 25.2 Å². The number of nitrogens with one attached hydrogen (secondary N) is 1. The Morgan fingerprint density at radius 2 is 2.14 bits per heavy atom. The topological polar surface area (TPSA) is 51.0 Å². The number of benzene rings is 1. The van der Waals surface area contributed by atoms with Crippen LogP contribution in [0.4, 0.5) is 0 Å². The Balaban J connectivity index is 1.45. The molecule has 0 aliphatic heterocycles. The number of rotatable bonds is 6. The molecule has 4 rings (SSSR count). The van der Waals surface area contributed by atoms with E-state index in [4.69, 9.17) is 4.42 Å². The van der Waals surface area contributed by atoms with Crippen molar-refractivity contribution in [2.75, 3.05) is 6.54 Å². The summed E-state index contributed by atoms with van der Waals surface area (Å²) in [6.07, 6.45) is 4.54. The van der Waals surface area contributed by atoms with Gasteiger partial charge in [0.25, 0.3) is 0 Å². The lowest BCUT2D eigenvalue weighted by Gasteiger charge is -1.99. The predicted molar refractivity (Wildman–Crippen MR) is 84.5 cm³/mol. The molecule has 2 heterocycles. The average molecular weight is 299 g/mol. The van der Waals surface area contributed by atoms with Crippen molar-refractivity contribution < 1.29 is 4.42 Å². The van der Waals surface area contributed by atoms with Gasteiger partial charge in [-0.1, -0.05) is 18.2 Å². The molecule has 21 heavy (non-hydrogen) atoms. The quantitative estimate of drug-likeness (QED) is 0.706. The number of aryl methyl sites for hydroxylation is 1. The standard InChI is InChI=1S/C16H17N3OS/c1-2-5-14-12(4-1)13(10-21-14)16-19-18-15(20-16)6-3-9-17-11-7-8-11/h1-2,4-5,10-11,17H,3,6-9H2. The van der Waals surface area contributed by atoms with Crippen molar-refractivity contribution in [2.24, 2.45) is 0 Å². The van der Waals surface area contributed by atoms with Gasteiger partial charge in [0.05, 0.1) is 5.56 Å². The molecule has 0 unspecified atom stereocenters. The monoisotopic (exact) mass is 299 g/mol. The summed E-state index contributed by atoms with van der Waals surface area (Å²) in [7, 11) is 0. The van der Waals surface area contributed by atoms with Crippen LogP contribution in [0.25, 0.3) is 21.5 Å². The first-order valence-electron chi connectivity index (χ1n) is 7.42. The maximum Gasteiger partial charge on any atom is 0.249 e. The van der Waals surface area contributed by atoms with Gasteiger partial charge in [-0.05, 0) is 31.9 Å². The zero-order chi connectivity index (χ0) is 14.1. The second-order valence-corrected chi connectivity index (χ2v) is 6.39. The maximum absolute atomic E-state index is 5.82. The lowest BCUT2D eigenvalue weighted by Crippen LogP contribution is -2.17. The van der Waals surface area contributed by atoms with Gasteiger partial charge >= 0.3 is 0 Å². The second kappa shape index (κ2) is 5.58. The minimum Gasteiger partial charge on any atom is -0.421 e. The summed E-state index contributed by atoms with van der Waals surface area (Å²) in [5.74, 6) is 1.37. The van der Waals surface area contributed by atoms with E-state index >= 15 is 0 Å². The Hall–Kier alpha value is -1.72. The highest BCUT2D eigenvalue weighted by atomic mass is 32.1. The largest absolute Gasteiger partial charge is 0.421 e. The fourth-order valence-electron chi connectivity index (χ4n) is 2.44. The molecule has 0 bridgehead atoms. The van der Waals surface area contributed by atoms with Crippen molar-refractivity contribution in [3.8, 4) is 11.5 Å². The second-order valence-electron chi connectivity index (χ2n) is 5.48. The third kappa shape index (κ3) is 2.84. The van der Waals surface area contributed by atoms with Crippen molar-refractivity contribution in [1.82, 2.24) is 15.5 Å². The van der Waals surface area contributed by atoms with Gasteiger partial charge < -0.3 is 9.73 Å². The van der Waals surface area contributed by atoms with Crippen molar-refractivity contribution in [3.05, 3.63) is 35.5 Å². The normalized spacial score (nSPS) is 14.9. The van der Waals surface area contributed by atoms with Crippen LogP contribution >= 0.6 is 11.3 Å². The molecular formula is C16H17N3OS. The molecule has 5 heteroatoms. The summed E-state index contributed by atoms with van der Waals surface area (Å²) < 4.78 is 7.07. The summed E-state index contributed by atoms with van der Waals surface area (Å²) in [4.78, 5) is 0. The number of thiophene rings is 1. The number of hydrogen-bond acceptors (Lipinski definition) is 5. The van der Waals surface area contributed by atoms with Crippen LogP contribution < -0.4 is 5.32 Å². The van der Waals surface area contributed by atoms with Gasteiger partial charge in [0.15, 0.2) is 0 Å². The molecule has 1 aromatic carbocycles. The molecular weight excluding hydrogens is 282 g/mol. The van der Waals surface area contributed by atoms with Crippen molar-refractivity contribution in [2.45, 2.75) is 31.7 Å². The first kappa shape index (κ1) is 13.0. The van der Waals surface area contributed by atoms with Crippen molar-refractivity contribution in [1.29, 1.82) is 0 Å². The van der Waals surface area contributed by atoms with Crippen LogP contribution in [0.15, 0.2) is 34.1 Å². The van der Waals surface area contributed by atoms with E-state index in [9.17, 15) is 0 Å². The molecule has 0 spiro atoms. The minimum atomic E-state index is 0.637. The van der Waals surface area contributed by atoms with Crippen LogP contribution in [0.5, 0.6) is 0 Å². The van der Waals surface area contributed by atoms with Crippen LogP contribution in [0.2, 0.25) is 0 Å². The molecule has 108 valence electrons. The van der Waals surface area contributed by atoms with E-state index in [2.05, 4.69) is 39.1 Å². The average Bonchev–Trinajstić information content (AvgIpc) is 3.06. The van der Waals surface area contributed by atoms with E-state index in [-0.39, 0.29) is 0 Å². The third-order valence-electron chi connectivity index (χ3n) is 3.76. The lowest BCUT2D eigenvalue weighted by atomic mass is 10.2. The summed E-state index contributed by atoms with van der Waals surface area (Å²) in [5, 5.41) is 15.2. The third-order valence-corrected chi connectivity index (χ3v) is 4.72. The minimum absolute atomic E-state index is 0.637. The smallest absolute Gasteiger partial charge is 0.249 e. The molecule has 1 N–H and O–H groups in total. The number of hydrogen-bond donors (Lipinski definition) is 1. The molecule has 1 aliphatic rings. The Morgan fingerprint density at radius 3 is 3.05 bits per heavy atom.